The molecule has 1 saturated heterocycles. The molecule has 0 saturated carbocycles. The van der Waals surface area contributed by atoms with E-state index in [1.54, 1.807) is 7.11 Å². The van der Waals surface area contributed by atoms with Crippen molar-refractivity contribution in [3.05, 3.63) is 22.7 Å². The molecule has 82 valence electrons. The summed E-state index contributed by atoms with van der Waals surface area (Å²) >= 11 is 3.41. The van der Waals surface area contributed by atoms with Crippen LogP contribution in [0, 0.1) is 0 Å². The van der Waals surface area contributed by atoms with Gasteiger partial charge < -0.3 is 14.8 Å². The molecule has 1 unspecified atom stereocenters. The van der Waals surface area contributed by atoms with E-state index in [0.29, 0.717) is 0 Å². The summed E-state index contributed by atoms with van der Waals surface area (Å²) in [5.74, 6) is 1.67. The summed E-state index contributed by atoms with van der Waals surface area (Å²) in [5, 5.41) is 3.27. The third-order valence-corrected chi connectivity index (χ3v) is 3.10. The van der Waals surface area contributed by atoms with Crippen LogP contribution in [0.3, 0.4) is 0 Å². The molecule has 1 aromatic rings. The lowest BCUT2D eigenvalue weighted by Gasteiger charge is -2.13. The molecule has 0 radical (unpaired) electrons. The van der Waals surface area contributed by atoms with E-state index >= 15 is 0 Å². The van der Waals surface area contributed by atoms with Gasteiger partial charge in [-0.25, -0.2) is 0 Å². The summed E-state index contributed by atoms with van der Waals surface area (Å²) in [6.07, 6.45) is 1.36. The highest BCUT2D eigenvalue weighted by Gasteiger charge is 2.16. The van der Waals surface area contributed by atoms with Crippen LogP contribution >= 0.6 is 15.9 Å². The van der Waals surface area contributed by atoms with Crippen LogP contribution in [-0.4, -0.2) is 26.3 Å². The highest BCUT2D eigenvalue weighted by molar-refractivity contribution is 9.10. The Balaban J connectivity index is 2.07. The van der Waals surface area contributed by atoms with Gasteiger partial charge in [-0.05, 0) is 41.0 Å². The van der Waals surface area contributed by atoms with Crippen molar-refractivity contribution in [2.45, 2.75) is 12.5 Å². The predicted molar refractivity (Wildman–Crippen MR) is 62.6 cm³/mol. The number of rotatable bonds is 3. The minimum atomic E-state index is 0.288. The van der Waals surface area contributed by atoms with Gasteiger partial charge in [-0.1, -0.05) is 0 Å². The molecule has 2 rings (SSSR count). The van der Waals surface area contributed by atoms with Crippen molar-refractivity contribution in [2.75, 3.05) is 20.2 Å². The van der Waals surface area contributed by atoms with Gasteiger partial charge >= 0.3 is 0 Å². The molecule has 1 fully saturated rings. The van der Waals surface area contributed by atoms with Crippen LogP contribution < -0.4 is 14.8 Å². The first-order valence-electron chi connectivity index (χ1n) is 5.00. The van der Waals surface area contributed by atoms with Crippen LogP contribution in [0.25, 0.3) is 0 Å². The molecule has 0 bridgehead atoms. The monoisotopic (exact) mass is 271 g/mol. The zero-order chi connectivity index (χ0) is 10.7. The molecule has 0 amide bonds. The maximum absolute atomic E-state index is 5.81. The quantitative estimate of drug-likeness (QED) is 0.915. The van der Waals surface area contributed by atoms with Crippen LogP contribution in [0.4, 0.5) is 0 Å². The zero-order valence-corrected chi connectivity index (χ0v) is 10.2. The van der Waals surface area contributed by atoms with Gasteiger partial charge in [0.05, 0.1) is 11.6 Å². The third kappa shape index (κ3) is 2.63. The van der Waals surface area contributed by atoms with Crippen LogP contribution in [0.2, 0.25) is 0 Å². The van der Waals surface area contributed by atoms with Gasteiger partial charge in [0.1, 0.15) is 17.6 Å². The first kappa shape index (κ1) is 10.8. The van der Waals surface area contributed by atoms with E-state index in [1.807, 2.05) is 18.2 Å². The molecular weight excluding hydrogens is 258 g/mol. The van der Waals surface area contributed by atoms with E-state index in [4.69, 9.17) is 9.47 Å². The summed E-state index contributed by atoms with van der Waals surface area (Å²) in [5.41, 5.74) is 0. The minimum Gasteiger partial charge on any atom is -0.495 e. The lowest BCUT2D eigenvalue weighted by Crippen LogP contribution is -2.19. The Morgan fingerprint density at radius 3 is 3.00 bits per heavy atom. The van der Waals surface area contributed by atoms with Crippen LogP contribution in [0.5, 0.6) is 11.5 Å². The summed E-state index contributed by atoms with van der Waals surface area (Å²) in [4.78, 5) is 0. The highest BCUT2D eigenvalue weighted by Crippen LogP contribution is 2.29. The molecule has 1 aliphatic heterocycles. The molecule has 0 spiro atoms. The number of nitrogens with one attached hydrogen (secondary N) is 1. The Kier molecular flexibility index (Phi) is 3.49. The number of methoxy groups -OCH3 is 1. The molecule has 4 heteroatoms. The van der Waals surface area contributed by atoms with E-state index in [2.05, 4.69) is 21.2 Å². The Bertz CT molecular complexity index is 337. The van der Waals surface area contributed by atoms with Crippen molar-refractivity contribution < 1.29 is 9.47 Å². The molecule has 1 aliphatic rings. The minimum absolute atomic E-state index is 0.288. The van der Waals surface area contributed by atoms with Crippen molar-refractivity contribution in [1.82, 2.24) is 5.32 Å². The molecule has 0 aromatic heterocycles. The number of hydrogen-bond acceptors (Lipinski definition) is 3. The third-order valence-electron chi connectivity index (χ3n) is 2.44. The average molecular weight is 272 g/mol. The van der Waals surface area contributed by atoms with E-state index in [1.165, 1.54) is 0 Å². The van der Waals surface area contributed by atoms with E-state index in [9.17, 15) is 0 Å². The van der Waals surface area contributed by atoms with E-state index < -0.39 is 0 Å². The molecule has 1 atom stereocenters. The van der Waals surface area contributed by atoms with Gasteiger partial charge in [-0.2, -0.15) is 0 Å². The number of benzene rings is 1. The molecule has 1 heterocycles. The van der Waals surface area contributed by atoms with Crippen molar-refractivity contribution in [3.63, 3.8) is 0 Å². The normalized spacial score (nSPS) is 20.3. The van der Waals surface area contributed by atoms with Crippen molar-refractivity contribution in [2.24, 2.45) is 0 Å². The van der Waals surface area contributed by atoms with Crippen LogP contribution in [-0.2, 0) is 0 Å². The standard InChI is InChI=1S/C11H14BrNO2/c1-14-11-6-8(2-3-10(11)12)15-9-4-5-13-7-9/h2-3,6,9,13H,4-5,7H2,1H3. The molecule has 0 aliphatic carbocycles. The van der Waals surface area contributed by atoms with Crippen molar-refractivity contribution in [1.29, 1.82) is 0 Å². The largest absolute Gasteiger partial charge is 0.495 e. The maximum atomic E-state index is 5.81. The average Bonchev–Trinajstić information content (AvgIpc) is 2.73. The molecule has 1 N–H and O–H groups in total. The second-order valence-electron chi connectivity index (χ2n) is 3.53. The fourth-order valence-corrected chi connectivity index (χ4v) is 2.04. The van der Waals surface area contributed by atoms with Crippen molar-refractivity contribution in [3.8, 4) is 11.5 Å². The number of hydrogen-bond donors (Lipinski definition) is 1. The van der Waals surface area contributed by atoms with Crippen molar-refractivity contribution >= 4 is 15.9 Å². The Labute approximate surface area is 97.9 Å². The fraction of sp³-hybridized carbons (Fsp3) is 0.455. The Hall–Kier alpha value is -0.740. The first-order chi connectivity index (χ1) is 7.29. The number of halogens is 1. The summed E-state index contributed by atoms with van der Waals surface area (Å²) in [6.45, 7) is 1.97. The van der Waals surface area contributed by atoms with E-state index in [0.717, 1.165) is 35.5 Å². The fourth-order valence-electron chi connectivity index (χ4n) is 1.63. The molecular formula is C11H14BrNO2. The lowest BCUT2D eigenvalue weighted by molar-refractivity contribution is 0.222. The second kappa shape index (κ2) is 4.86. The second-order valence-corrected chi connectivity index (χ2v) is 4.38. The molecule has 15 heavy (non-hydrogen) atoms. The van der Waals surface area contributed by atoms with Gasteiger partial charge in [0.2, 0.25) is 0 Å². The van der Waals surface area contributed by atoms with Crippen LogP contribution in [0.15, 0.2) is 22.7 Å². The molecule has 3 nitrogen and oxygen atoms in total. The Morgan fingerprint density at radius 2 is 2.33 bits per heavy atom. The van der Waals surface area contributed by atoms with Gasteiger partial charge in [-0.15, -0.1) is 0 Å². The highest BCUT2D eigenvalue weighted by atomic mass is 79.9. The Morgan fingerprint density at radius 1 is 1.47 bits per heavy atom. The molecule has 1 aromatic carbocycles. The van der Waals surface area contributed by atoms with Gasteiger partial charge in [0, 0.05) is 12.6 Å². The maximum Gasteiger partial charge on any atom is 0.136 e. The predicted octanol–water partition coefficient (Wildman–Crippen LogP) is 2.20. The van der Waals surface area contributed by atoms with Gasteiger partial charge in [-0.3, -0.25) is 0 Å². The summed E-state index contributed by atoms with van der Waals surface area (Å²) in [6, 6.07) is 5.80. The smallest absolute Gasteiger partial charge is 0.136 e. The van der Waals surface area contributed by atoms with Crippen LogP contribution in [0.1, 0.15) is 6.42 Å². The van der Waals surface area contributed by atoms with Gasteiger partial charge in [0.25, 0.3) is 0 Å². The number of ether oxygens (including phenoxy) is 2. The summed E-state index contributed by atoms with van der Waals surface area (Å²) in [7, 11) is 1.65. The summed E-state index contributed by atoms with van der Waals surface area (Å²) < 4.78 is 12.0. The first-order valence-corrected chi connectivity index (χ1v) is 5.80. The topological polar surface area (TPSA) is 30.5 Å². The zero-order valence-electron chi connectivity index (χ0n) is 8.63. The SMILES string of the molecule is COc1cc(OC2CCNC2)ccc1Br. The van der Waals surface area contributed by atoms with Gasteiger partial charge in [0.15, 0.2) is 0 Å². The lowest BCUT2D eigenvalue weighted by atomic mass is 10.3. The van der Waals surface area contributed by atoms with E-state index in [-0.39, 0.29) is 6.10 Å².